The van der Waals surface area contributed by atoms with Gasteiger partial charge in [-0.15, -0.1) is 0 Å². The molecule has 23 heavy (non-hydrogen) atoms. The van der Waals surface area contributed by atoms with Gasteiger partial charge in [0.25, 0.3) is 0 Å². The first-order valence-corrected chi connectivity index (χ1v) is 7.90. The Morgan fingerprint density at radius 2 is 2.17 bits per heavy atom. The van der Waals surface area contributed by atoms with Gasteiger partial charge in [0.15, 0.2) is 0 Å². The molecule has 1 fully saturated rings. The van der Waals surface area contributed by atoms with Crippen LogP contribution in [-0.2, 0) is 14.3 Å². The van der Waals surface area contributed by atoms with Crippen molar-refractivity contribution < 1.29 is 19.4 Å². The summed E-state index contributed by atoms with van der Waals surface area (Å²) >= 11 is 0. The number of ether oxygens (including phenoxy) is 1. The van der Waals surface area contributed by atoms with Gasteiger partial charge in [0.1, 0.15) is 6.04 Å². The number of aliphatic carboxylic acids is 1. The Morgan fingerprint density at radius 1 is 1.39 bits per heavy atom. The van der Waals surface area contributed by atoms with Crippen LogP contribution in [-0.4, -0.2) is 42.3 Å². The number of carboxylic acid groups (broad SMARTS) is 1. The van der Waals surface area contributed by atoms with Crippen LogP contribution in [0.4, 0.5) is 5.69 Å². The monoisotopic (exact) mass is 320 g/mol. The molecular weight excluding hydrogens is 296 g/mol. The van der Waals surface area contributed by atoms with E-state index >= 15 is 0 Å². The van der Waals surface area contributed by atoms with Crippen molar-refractivity contribution in [2.24, 2.45) is 0 Å². The van der Waals surface area contributed by atoms with Crippen LogP contribution in [0.5, 0.6) is 0 Å². The molecule has 0 unspecified atom stereocenters. The number of carbonyl (C=O) groups excluding carboxylic acids is 1. The van der Waals surface area contributed by atoms with Crippen molar-refractivity contribution >= 4 is 17.6 Å². The minimum atomic E-state index is -1.03. The number of aryl methyl sites for hydroxylation is 2. The van der Waals surface area contributed by atoms with Gasteiger partial charge in [0, 0.05) is 18.8 Å². The normalized spacial score (nSPS) is 18.6. The smallest absolute Gasteiger partial charge is 0.321 e. The minimum absolute atomic E-state index is 0.0407. The number of benzene rings is 1. The van der Waals surface area contributed by atoms with Crippen molar-refractivity contribution in [2.45, 2.75) is 45.3 Å². The van der Waals surface area contributed by atoms with Gasteiger partial charge in [-0.1, -0.05) is 12.1 Å². The maximum Gasteiger partial charge on any atom is 0.321 e. The molecule has 0 aromatic heterocycles. The molecule has 0 bridgehead atoms. The van der Waals surface area contributed by atoms with Crippen LogP contribution in [0, 0.1) is 13.8 Å². The van der Waals surface area contributed by atoms with Crippen LogP contribution in [0.2, 0.25) is 0 Å². The first-order valence-electron chi connectivity index (χ1n) is 7.90. The van der Waals surface area contributed by atoms with Gasteiger partial charge in [-0.2, -0.15) is 0 Å². The number of rotatable bonds is 7. The molecule has 1 amide bonds. The van der Waals surface area contributed by atoms with Crippen LogP contribution < -0.4 is 10.6 Å². The average molecular weight is 320 g/mol. The Morgan fingerprint density at radius 3 is 2.83 bits per heavy atom. The number of carboxylic acids is 1. The van der Waals surface area contributed by atoms with Crippen molar-refractivity contribution in [2.75, 3.05) is 18.5 Å². The molecule has 1 aliphatic rings. The SMILES string of the molecule is Cc1ccc(C)c(NC(=O)C[C@H](NC[C@@H]2CCCO2)C(=O)O)c1. The average Bonchev–Trinajstić information content (AvgIpc) is 3.00. The van der Waals surface area contributed by atoms with Crippen molar-refractivity contribution in [3.8, 4) is 0 Å². The quantitative estimate of drug-likeness (QED) is 0.714. The fourth-order valence-corrected chi connectivity index (χ4v) is 2.58. The fourth-order valence-electron chi connectivity index (χ4n) is 2.58. The Bertz CT molecular complexity index is 568. The third-order valence-electron chi connectivity index (χ3n) is 3.97. The number of carbonyl (C=O) groups is 2. The van der Waals surface area contributed by atoms with Crippen LogP contribution in [0.25, 0.3) is 0 Å². The van der Waals surface area contributed by atoms with Gasteiger partial charge in [-0.05, 0) is 43.9 Å². The van der Waals surface area contributed by atoms with E-state index in [9.17, 15) is 14.7 Å². The maximum atomic E-state index is 12.1. The lowest BCUT2D eigenvalue weighted by atomic mass is 10.1. The summed E-state index contributed by atoms with van der Waals surface area (Å²) in [5, 5.41) is 15.0. The third-order valence-corrected chi connectivity index (χ3v) is 3.97. The number of hydrogen-bond donors (Lipinski definition) is 3. The third kappa shape index (κ3) is 5.33. The van der Waals surface area contributed by atoms with Gasteiger partial charge in [-0.25, -0.2) is 0 Å². The molecule has 0 saturated carbocycles. The largest absolute Gasteiger partial charge is 0.480 e. The molecule has 1 aromatic carbocycles. The summed E-state index contributed by atoms with van der Waals surface area (Å²) in [7, 11) is 0. The molecule has 2 atom stereocenters. The lowest BCUT2D eigenvalue weighted by Gasteiger charge is -2.17. The molecule has 2 rings (SSSR count). The number of hydrogen-bond acceptors (Lipinski definition) is 4. The van der Waals surface area contributed by atoms with E-state index in [1.807, 2.05) is 32.0 Å². The first kappa shape index (κ1) is 17.4. The van der Waals surface area contributed by atoms with Gasteiger partial charge in [0.2, 0.25) is 5.91 Å². The van der Waals surface area contributed by atoms with Crippen LogP contribution in [0.15, 0.2) is 18.2 Å². The summed E-state index contributed by atoms with van der Waals surface area (Å²) in [6, 6.07) is 4.86. The van der Waals surface area contributed by atoms with E-state index in [0.29, 0.717) is 6.54 Å². The second kappa shape index (κ2) is 8.08. The molecule has 0 aliphatic carbocycles. The van der Waals surface area contributed by atoms with E-state index in [1.165, 1.54) is 0 Å². The topological polar surface area (TPSA) is 87.7 Å². The van der Waals surface area contributed by atoms with Gasteiger partial charge in [-0.3, -0.25) is 9.59 Å². The van der Waals surface area contributed by atoms with E-state index in [2.05, 4.69) is 10.6 Å². The van der Waals surface area contributed by atoms with Crippen LogP contribution in [0.3, 0.4) is 0 Å². The highest BCUT2D eigenvalue weighted by Crippen LogP contribution is 2.17. The predicted octanol–water partition coefficient (Wildman–Crippen LogP) is 1.85. The van der Waals surface area contributed by atoms with Gasteiger partial charge < -0.3 is 20.5 Å². The molecule has 1 heterocycles. The zero-order chi connectivity index (χ0) is 16.8. The Hall–Kier alpha value is -1.92. The van der Waals surface area contributed by atoms with E-state index < -0.39 is 12.0 Å². The van der Waals surface area contributed by atoms with E-state index in [-0.39, 0.29) is 18.4 Å². The molecule has 6 heteroatoms. The Kier molecular flexibility index (Phi) is 6.12. The second-order valence-electron chi connectivity index (χ2n) is 6.00. The highest BCUT2D eigenvalue weighted by Gasteiger charge is 2.24. The molecule has 0 spiro atoms. The highest BCUT2D eigenvalue weighted by molar-refractivity contribution is 5.94. The molecule has 0 radical (unpaired) electrons. The summed E-state index contributed by atoms with van der Waals surface area (Å²) in [5.41, 5.74) is 2.71. The summed E-state index contributed by atoms with van der Waals surface area (Å²) in [6.45, 7) is 5.02. The van der Waals surface area contributed by atoms with Crippen molar-refractivity contribution in [1.29, 1.82) is 0 Å². The van der Waals surface area contributed by atoms with Crippen molar-refractivity contribution in [1.82, 2.24) is 5.32 Å². The molecule has 1 aromatic rings. The van der Waals surface area contributed by atoms with Crippen LogP contribution in [0.1, 0.15) is 30.4 Å². The summed E-state index contributed by atoms with van der Waals surface area (Å²) in [6.07, 6.45) is 1.85. The van der Waals surface area contributed by atoms with Crippen molar-refractivity contribution in [3.05, 3.63) is 29.3 Å². The highest BCUT2D eigenvalue weighted by atomic mass is 16.5. The summed E-state index contributed by atoms with van der Waals surface area (Å²) in [4.78, 5) is 23.5. The van der Waals surface area contributed by atoms with E-state index in [1.54, 1.807) is 0 Å². The molecule has 1 saturated heterocycles. The molecule has 3 N–H and O–H groups in total. The number of amides is 1. The first-order chi connectivity index (χ1) is 11.0. The standard InChI is InChI=1S/C17H24N2O4/c1-11-5-6-12(2)14(8-11)19-16(20)9-15(17(21)22)18-10-13-4-3-7-23-13/h5-6,8,13,15,18H,3-4,7,9-10H2,1-2H3,(H,19,20)(H,21,22)/t13-,15-/m0/s1. The lowest BCUT2D eigenvalue weighted by Crippen LogP contribution is -2.43. The molecule has 126 valence electrons. The lowest BCUT2D eigenvalue weighted by molar-refractivity contribution is -0.141. The number of nitrogens with one attached hydrogen (secondary N) is 2. The van der Waals surface area contributed by atoms with E-state index in [4.69, 9.17) is 4.74 Å². The zero-order valence-electron chi connectivity index (χ0n) is 13.6. The second-order valence-corrected chi connectivity index (χ2v) is 6.00. The minimum Gasteiger partial charge on any atom is -0.480 e. The predicted molar refractivity (Wildman–Crippen MR) is 87.6 cm³/mol. The molecule has 6 nitrogen and oxygen atoms in total. The van der Waals surface area contributed by atoms with Gasteiger partial charge in [0.05, 0.1) is 12.5 Å². The fraction of sp³-hybridized carbons (Fsp3) is 0.529. The number of anilines is 1. The maximum absolute atomic E-state index is 12.1. The Labute approximate surface area is 136 Å². The Balaban J connectivity index is 1.89. The molecular formula is C17H24N2O4. The van der Waals surface area contributed by atoms with Crippen molar-refractivity contribution in [3.63, 3.8) is 0 Å². The van der Waals surface area contributed by atoms with E-state index in [0.717, 1.165) is 36.3 Å². The molecule has 1 aliphatic heterocycles. The summed E-state index contributed by atoms with van der Waals surface area (Å²) < 4.78 is 5.46. The van der Waals surface area contributed by atoms with Crippen LogP contribution >= 0.6 is 0 Å². The zero-order valence-corrected chi connectivity index (χ0v) is 13.6. The summed E-state index contributed by atoms with van der Waals surface area (Å²) in [5.74, 6) is -1.34. The van der Waals surface area contributed by atoms with Gasteiger partial charge >= 0.3 is 5.97 Å².